The van der Waals surface area contributed by atoms with Gasteiger partial charge in [-0.2, -0.15) is 11.8 Å². The number of likely N-dealkylation sites (tertiary alicyclic amines) is 1. The molecule has 0 spiro atoms. The van der Waals surface area contributed by atoms with Gasteiger partial charge in [-0.1, -0.05) is 6.07 Å². The van der Waals surface area contributed by atoms with E-state index in [1.165, 1.54) is 44.3 Å². The minimum absolute atomic E-state index is 0.765. The third-order valence-corrected chi connectivity index (χ3v) is 5.68. The van der Waals surface area contributed by atoms with Gasteiger partial charge >= 0.3 is 0 Å². The Morgan fingerprint density at radius 2 is 2.30 bits per heavy atom. The number of rotatable bonds is 4. The average molecular weight is 292 g/mol. The van der Waals surface area contributed by atoms with Crippen LogP contribution in [0.25, 0.3) is 0 Å². The summed E-state index contributed by atoms with van der Waals surface area (Å²) in [6.45, 7) is 4.45. The van der Waals surface area contributed by atoms with Crippen LogP contribution in [0.5, 0.6) is 0 Å². The molecule has 4 heteroatoms. The lowest BCUT2D eigenvalue weighted by Gasteiger charge is -2.26. The number of nitrogens with zero attached hydrogens (tertiary/aromatic N) is 2. The molecule has 2 aliphatic rings. The molecular formula is C16H24N2OS. The van der Waals surface area contributed by atoms with Crippen molar-refractivity contribution in [3.05, 3.63) is 30.1 Å². The first-order valence-electron chi connectivity index (χ1n) is 7.74. The van der Waals surface area contributed by atoms with Crippen LogP contribution in [-0.2, 0) is 10.5 Å². The van der Waals surface area contributed by atoms with Gasteiger partial charge in [0, 0.05) is 49.2 Å². The summed E-state index contributed by atoms with van der Waals surface area (Å²) >= 11 is 2.10. The first-order valence-corrected chi connectivity index (χ1v) is 8.79. The van der Waals surface area contributed by atoms with Crippen molar-refractivity contribution < 1.29 is 4.74 Å². The molecule has 1 unspecified atom stereocenters. The number of thioether (sulfide) groups is 1. The summed E-state index contributed by atoms with van der Waals surface area (Å²) in [7, 11) is 0. The Bertz CT molecular complexity index is 393. The normalized spacial score (nSPS) is 28.4. The maximum Gasteiger partial charge on any atom is 0.0480 e. The summed E-state index contributed by atoms with van der Waals surface area (Å²) < 4.78 is 5.58. The molecule has 3 nitrogen and oxygen atoms in total. The summed E-state index contributed by atoms with van der Waals surface area (Å²) in [6, 6.07) is 4.97. The molecule has 0 aromatic carbocycles. The monoisotopic (exact) mass is 292 g/mol. The van der Waals surface area contributed by atoms with Crippen molar-refractivity contribution in [1.29, 1.82) is 0 Å². The van der Waals surface area contributed by atoms with Crippen molar-refractivity contribution in [2.75, 3.05) is 26.3 Å². The SMILES string of the molecule is c1cncc(CS[C@@H]2CCN(C3CCCOCC3)C2)c1. The van der Waals surface area contributed by atoms with Gasteiger partial charge in [-0.15, -0.1) is 0 Å². The molecule has 110 valence electrons. The van der Waals surface area contributed by atoms with E-state index in [4.69, 9.17) is 4.74 Å². The zero-order chi connectivity index (χ0) is 13.6. The molecule has 0 aliphatic carbocycles. The molecule has 20 heavy (non-hydrogen) atoms. The van der Waals surface area contributed by atoms with E-state index >= 15 is 0 Å². The number of aromatic nitrogens is 1. The van der Waals surface area contributed by atoms with Crippen molar-refractivity contribution in [2.24, 2.45) is 0 Å². The summed E-state index contributed by atoms with van der Waals surface area (Å²) in [5.74, 6) is 1.10. The third-order valence-electron chi connectivity index (χ3n) is 4.32. The Morgan fingerprint density at radius 3 is 3.20 bits per heavy atom. The molecule has 0 radical (unpaired) electrons. The topological polar surface area (TPSA) is 25.4 Å². The Balaban J connectivity index is 1.44. The van der Waals surface area contributed by atoms with Gasteiger partial charge in [0.15, 0.2) is 0 Å². The van der Waals surface area contributed by atoms with Crippen LogP contribution in [0.2, 0.25) is 0 Å². The largest absolute Gasteiger partial charge is 0.381 e. The van der Waals surface area contributed by atoms with Gasteiger partial charge in [0.25, 0.3) is 0 Å². The first kappa shape index (κ1) is 14.4. The summed E-state index contributed by atoms with van der Waals surface area (Å²) in [6.07, 6.45) is 8.94. The molecule has 0 amide bonds. The molecule has 1 aromatic rings. The highest BCUT2D eigenvalue weighted by Gasteiger charge is 2.28. The van der Waals surface area contributed by atoms with Crippen LogP contribution in [0.1, 0.15) is 31.2 Å². The smallest absolute Gasteiger partial charge is 0.0480 e. The van der Waals surface area contributed by atoms with Crippen molar-refractivity contribution in [3.8, 4) is 0 Å². The molecule has 0 bridgehead atoms. The lowest BCUT2D eigenvalue weighted by molar-refractivity contribution is 0.134. The van der Waals surface area contributed by atoms with Crippen molar-refractivity contribution in [1.82, 2.24) is 9.88 Å². The Morgan fingerprint density at radius 1 is 1.30 bits per heavy atom. The van der Waals surface area contributed by atoms with Gasteiger partial charge < -0.3 is 4.74 Å². The fourth-order valence-corrected chi connectivity index (χ4v) is 4.34. The lowest BCUT2D eigenvalue weighted by atomic mass is 10.1. The van der Waals surface area contributed by atoms with Gasteiger partial charge in [-0.25, -0.2) is 0 Å². The van der Waals surface area contributed by atoms with Crippen LogP contribution in [0.4, 0.5) is 0 Å². The van der Waals surface area contributed by atoms with E-state index in [0.29, 0.717) is 0 Å². The van der Waals surface area contributed by atoms with E-state index in [-0.39, 0.29) is 0 Å². The molecule has 2 saturated heterocycles. The number of ether oxygens (including phenoxy) is 1. The van der Waals surface area contributed by atoms with Crippen LogP contribution in [0.3, 0.4) is 0 Å². The second-order valence-electron chi connectivity index (χ2n) is 5.77. The van der Waals surface area contributed by atoms with Crippen LogP contribution in [-0.4, -0.2) is 47.5 Å². The fraction of sp³-hybridized carbons (Fsp3) is 0.688. The molecule has 2 fully saturated rings. The van der Waals surface area contributed by atoms with E-state index in [1.54, 1.807) is 0 Å². The van der Waals surface area contributed by atoms with Crippen LogP contribution in [0.15, 0.2) is 24.5 Å². The van der Waals surface area contributed by atoms with Crippen LogP contribution in [0, 0.1) is 0 Å². The summed E-state index contributed by atoms with van der Waals surface area (Å²) in [4.78, 5) is 6.90. The molecule has 0 saturated carbocycles. The number of hydrogen-bond acceptors (Lipinski definition) is 4. The fourth-order valence-electron chi connectivity index (χ4n) is 3.17. The van der Waals surface area contributed by atoms with Crippen LogP contribution >= 0.6 is 11.8 Å². The van der Waals surface area contributed by atoms with Gasteiger partial charge in [-0.05, 0) is 43.9 Å². The predicted octanol–water partition coefficient (Wildman–Crippen LogP) is 2.96. The highest BCUT2D eigenvalue weighted by atomic mass is 32.2. The number of hydrogen-bond donors (Lipinski definition) is 0. The maximum atomic E-state index is 5.58. The second-order valence-corrected chi connectivity index (χ2v) is 7.06. The quantitative estimate of drug-likeness (QED) is 0.852. The first-order chi connectivity index (χ1) is 9.92. The van der Waals surface area contributed by atoms with E-state index in [9.17, 15) is 0 Å². The zero-order valence-electron chi connectivity index (χ0n) is 12.0. The van der Waals surface area contributed by atoms with E-state index in [2.05, 4.69) is 27.7 Å². The van der Waals surface area contributed by atoms with Crippen molar-refractivity contribution in [2.45, 2.75) is 42.7 Å². The van der Waals surface area contributed by atoms with Gasteiger partial charge in [0.05, 0.1) is 0 Å². The van der Waals surface area contributed by atoms with Crippen molar-refractivity contribution in [3.63, 3.8) is 0 Å². The Hall–Kier alpha value is -0.580. The third kappa shape index (κ3) is 3.96. The Kier molecular flexibility index (Phi) is 5.34. The highest BCUT2D eigenvalue weighted by Crippen LogP contribution is 2.29. The maximum absolute atomic E-state index is 5.58. The Labute approximate surface area is 126 Å². The standard InChI is InChI=1S/C16H24N2OS/c1-3-14(11-17-7-1)13-20-16-5-8-18(12-16)15-4-2-9-19-10-6-15/h1,3,7,11,15-16H,2,4-6,8-10,12-13H2/t15?,16-/m1/s1. The minimum atomic E-state index is 0.765. The van der Waals surface area contributed by atoms with E-state index in [1.807, 2.05) is 18.5 Å². The lowest BCUT2D eigenvalue weighted by Crippen LogP contribution is -2.33. The highest BCUT2D eigenvalue weighted by molar-refractivity contribution is 7.99. The molecule has 0 N–H and O–H groups in total. The van der Waals surface area contributed by atoms with Gasteiger partial charge in [0.1, 0.15) is 0 Å². The van der Waals surface area contributed by atoms with E-state index < -0.39 is 0 Å². The summed E-state index contributed by atoms with van der Waals surface area (Å²) in [5.41, 5.74) is 1.35. The minimum Gasteiger partial charge on any atom is -0.381 e. The number of pyridine rings is 1. The molecule has 1 aromatic heterocycles. The zero-order valence-corrected chi connectivity index (χ0v) is 12.9. The molecule has 2 atom stereocenters. The molecule has 2 aliphatic heterocycles. The predicted molar refractivity (Wildman–Crippen MR) is 84.0 cm³/mol. The average Bonchev–Trinajstić information content (AvgIpc) is 2.80. The van der Waals surface area contributed by atoms with Crippen molar-refractivity contribution >= 4 is 11.8 Å². The van der Waals surface area contributed by atoms with Gasteiger partial charge in [-0.3, -0.25) is 9.88 Å². The molecule has 3 heterocycles. The van der Waals surface area contributed by atoms with Crippen LogP contribution < -0.4 is 0 Å². The van der Waals surface area contributed by atoms with E-state index in [0.717, 1.165) is 30.3 Å². The molecule has 3 rings (SSSR count). The summed E-state index contributed by atoms with van der Waals surface area (Å²) in [5, 5.41) is 0.791. The van der Waals surface area contributed by atoms with Gasteiger partial charge in [0.2, 0.25) is 0 Å². The second kappa shape index (κ2) is 7.43. The molecular weight excluding hydrogens is 268 g/mol.